The van der Waals surface area contributed by atoms with Gasteiger partial charge in [-0.05, 0) is 6.92 Å². The van der Waals surface area contributed by atoms with Gasteiger partial charge < -0.3 is 10.5 Å². The van der Waals surface area contributed by atoms with Crippen molar-refractivity contribution in [2.45, 2.75) is 6.92 Å². The van der Waals surface area contributed by atoms with E-state index in [1.165, 1.54) is 7.11 Å². The lowest BCUT2D eigenvalue weighted by molar-refractivity contribution is 0.290. The van der Waals surface area contributed by atoms with Crippen molar-refractivity contribution in [2.24, 2.45) is 5.73 Å². The van der Waals surface area contributed by atoms with E-state index < -0.39 is 0 Å². The largest absolute Gasteiger partial charge is 0.499 e. The van der Waals surface area contributed by atoms with Crippen molar-refractivity contribution in [3.63, 3.8) is 0 Å². The van der Waals surface area contributed by atoms with Crippen LogP contribution < -0.4 is 5.73 Å². The number of nitrogens with one attached hydrogen (secondary N) is 1. The Morgan fingerprint density at radius 2 is 2.11 bits per heavy atom. The third-order valence-corrected chi connectivity index (χ3v) is 1.13. The Morgan fingerprint density at radius 1 is 1.67 bits per heavy atom. The molecule has 4 heteroatoms. The minimum atomic E-state index is -0.186. The molecule has 52 valence electrons. The summed E-state index contributed by atoms with van der Waals surface area (Å²) < 4.78 is 4.70. The monoisotopic (exact) mass is 148 g/mol. The molecule has 0 unspecified atom stereocenters. The first-order chi connectivity index (χ1) is 4.09. The normalized spacial score (nSPS) is 12.3. The molecule has 0 rings (SSSR count). The van der Waals surface area contributed by atoms with Gasteiger partial charge in [-0.15, -0.1) is 0 Å². The van der Waals surface area contributed by atoms with Gasteiger partial charge in [0.15, 0.2) is 0 Å². The van der Waals surface area contributed by atoms with E-state index in [1.807, 2.05) is 0 Å². The number of nitrogens with two attached hydrogens (primary N) is 1. The highest BCUT2D eigenvalue weighted by Gasteiger charge is 1.99. The van der Waals surface area contributed by atoms with E-state index in [4.69, 9.17) is 27.5 Å². The van der Waals surface area contributed by atoms with E-state index in [2.05, 4.69) is 0 Å². The zero-order valence-corrected chi connectivity index (χ0v) is 6.12. The number of allylic oxidation sites excluding steroid dienone is 2. The maximum atomic E-state index is 6.84. The van der Waals surface area contributed by atoms with Crippen molar-refractivity contribution in [1.82, 2.24) is 0 Å². The molecule has 0 aromatic heterocycles. The fourth-order valence-corrected chi connectivity index (χ4v) is 0.398. The van der Waals surface area contributed by atoms with Crippen molar-refractivity contribution in [3.8, 4) is 0 Å². The molecule has 0 amide bonds. The average molecular weight is 149 g/mol. The zero-order chi connectivity index (χ0) is 7.44. The molecule has 0 aliphatic heterocycles. The van der Waals surface area contributed by atoms with E-state index in [-0.39, 0.29) is 10.9 Å². The molecule has 0 aliphatic rings. The Kier molecular flexibility index (Phi) is 3.09. The molecule has 0 bridgehead atoms. The molecule has 0 aliphatic carbocycles. The Morgan fingerprint density at radius 3 is 2.22 bits per heavy atom. The van der Waals surface area contributed by atoms with E-state index in [9.17, 15) is 0 Å². The minimum absolute atomic E-state index is 0.180. The summed E-state index contributed by atoms with van der Waals surface area (Å²) >= 11 is 5.22. The number of ether oxygens (including phenoxy) is 1. The lowest BCUT2D eigenvalue weighted by Gasteiger charge is -2.01. The predicted molar refractivity (Wildman–Crippen MR) is 37.5 cm³/mol. The Bertz CT molecular complexity index is 153. The minimum Gasteiger partial charge on any atom is -0.499 e. The summed E-state index contributed by atoms with van der Waals surface area (Å²) in [7, 11) is 1.47. The highest BCUT2D eigenvalue weighted by molar-refractivity contribution is 6.68. The molecule has 0 atom stereocenters. The van der Waals surface area contributed by atoms with Crippen molar-refractivity contribution in [2.75, 3.05) is 7.11 Å². The number of rotatable bonds is 2. The van der Waals surface area contributed by atoms with Crippen molar-refractivity contribution >= 4 is 16.8 Å². The number of methoxy groups -OCH3 is 1. The second-order valence-electron chi connectivity index (χ2n) is 1.49. The van der Waals surface area contributed by atoms with Crippen LogP contribution in [0.15, 0.2) is 11.5 Å². The number of hydrogen-bond acceptors (Lipinski definition) is 3. The Hall–Kier alpha value is -0.700. The van der Waals surface area contributed by atoms with Crippen LogP contribution in [0.5, 0.6) is 0 Å². The van der Waals surface area contributed by atoms with Gasteiger partial charge in [-0.25, -0.2) is 0 Å². The lowest BCUT2D eigenvalue weighted by Crippen LogP contribution is -2.07. The van der Waals surface area contributed by atoms with E-state index in [0.29, 0.717) is 5.76 Å². The summed E-state index contributed by atoms with van der Waals surface area (Å²) in [5.74, 6) is 0.468. The van der Waals surface area contributed by atoms with Gasteiger partial charge in [-0.1, -0.05) is 11.6 Å². The summed E-state index contributed by atoms with van der Waals surface area (Å²) in [6, 6.07) is 0. The molecular weight excluding hydrogens is 140 g/mol. The van der Waals surface area contributed by atoms with Crippen LogP contribution in [0.2, 0.25) is 0 Å². The Balaban J connectivity index is 4.28. The SMILES string of the molecule is CO/C(C)=C(\N)C(=N)Cl. The van der Waals surface area contributed by atoms with Crippen molar-refractivity contribution < 1.29 is 4.74 Å². The first-order valence-corrected chi connectivity index (χ1v) is 2.72. The van der Waals surface area contributed by atoms with Crippen LogP contribution in [0.4, 0.5) is 0 Å². The van der Waals surface area contributed by atoms with E-state index in [0.717, 1.165) is 0 Å². The van der Waals surface area contributed by atoms with Gasteiger partial charge in [0.1, 0.15) is 16.6 Å². The van der Waals surface area contributed by atoms with Crippen LogP contribution >= 0.6 is 11.6 Å². The summed E-state index contributed by atoms with van der Waals surface area (Å²) in [5, 5.41) is 6.65. The first kappa shape index (κ1) is 8.30. The molecule has 0 radical (unpaired) electrons. The topological polar surface area (TPSA) is 59.1 Å². The molecule has 0 aromatic rings. The molecule has 9 heavy (non-hydrogen) atoms. The molecule has 0 fully saturated rings. The van der Waals surface area contributed by atoms with Gasteiger partial charge in [-0.2, -0.15) is 0 Å². The fourth-order valence-electron chi connectivity index (χ4n) is 0.265. The van der Waals surface area contributed by atoms with Crippen molar-refractivity contribution in [3.05, 3.63) is 11.5 Å². The second kappa shape index (κ2) is 3.35. The van der Waals surface area contributed by atoms with Crippen molar-refractivity contribution in [1.29, 1.82) is 5.41 Å². The highest BCUT2D eigenvalue weighted by atomic mass is 35.5. The standard InChI is InChI=1S/C5H9ClN2O/c1-3(9-2)4(7)5(6)8/h8H,7H2,1-2H3/b4-3-,8-5?. The van der Waals surface area contributed by atoms with Gasteiger partial charge in [0, 0.05) is 0 Å². The highest BCUT2D eigenvalue weighted by Crippen LogP contribution is 2.01. The maximum absolute atomic E-state index is 6.84. The maximum Gasteiger partial charge on any atom is 0.147 e. The summed E-state index contributed by atoms with van der Waals surface area (Å²) in [4.78, 5) is 0. The van der Waals surface area contributed by atoms with Crippen LogP contribution in [0.25, 0.3) is 0 Å². The molecule has 0 aromatic carbocycles. The molecule has 3 nitrogen and oxygen atoms in total. The predicted octanol–water partition coefficient (Wildman–Crippen LogP) is 1.04. The molecular formula is C5H9ClN2O. The molecule has 0 heterocycles. The molecule has 0 spiro atoms. The smallest absolute Gasteiger partial charge is 0.147 e. The lowest BCUT2D eigenvalue weighted by atomic mass is 10.4. The van der Waals surface area contributed by atoms with Gasteiger partial charge in [-0.3, -0.25) is 5.41 Å². The average Bonchev–Trinajstić information content (AvgIpc) is 1.84. The third kappa shape index (κ3) is 2.37. The second-order valence-corrected chi connectivity index (χ2v) is 1.87. The molecule has 0 saturated heterocycles. The summed E-state index contributed by atoms with van der Waals surface area (Å²) in [5.41, 5.74) is 5.45. The van der Waals surface area contributed by atoms with E-state index in [1.54, 1.807) is 6.92 Å². The number of halogens is 1. The van der Waals surface area contributed by atoms with Gasteiger partial charge in [0.2, 0.25) is 0 Å². The zero-order valence-electron chi connectivity index (χ0n) is 5.36. The van der Waals surface area contributed by atoms with E-state index >= 15 is 0 Å². The third-order valence-electron chi connectivity index (χ3n) is 0.922. The fraction of sp³-hybridized carbons (Fsp3) is 0.400. The Labute approximate surface area is 59.0 Å². The molecule has 0 saturated carbocycles. The quantitative estimate of drug-likeness (QED) is 0.454. The van der Waals surface area contributed by atoms with Crippen LogP contribution in [0.3, 0.4) is 0 Å². The summed E-state index contributed by atoms with van der Waals surface area (Å²) in [6.45, 7) is 1.65. The molecule has 3 N–H and O–H groups in total. The first-order valence-electron chi connectivity index (χ1n) is 2.34. The van der Waals surface area contributed by atoms with Gasteiger partial charge in [0.25, 0.3) is 0 Å². The van der Waals surface area contributed by atoms with Crippen LogP contribution in [-0.2, 0) is 4.74 Å². The van der Waals surface area contributed by atoms with Gasteiger partial charge in [0.05, 0.1) is 7.11 Å². The van der Waals surface area contributed by atoms with Crippen LogP contribution in [0, 0.1) is 5.41 Å². The summed E-state index contributed by atoms with van der Waals surface area (Å²) in [6.07, 6.45) is 0. The van der Waals surface area contributed by atoms with Crippen LogP contribution in [-0.4, -0.2) is 12.3 Å². The van der Waals surface area contributed by atoms with Gasteiger partial charge >= 0.3 is 0 Å². The van der Waals surface area contributed by atoms with Crippen LogP contribution in [0.1, 0.15) is 6.92 Å². The number of hydrogen-bond donors (Lipinski definition) is 2.